The van der Waals surface area contributed by atoms with Crippen molar-refractivity contribution in [1.29, 1.82) is 0 Å². The molecule has 8 rings (SSSR count). The zero-order valence-electron chi connectivity index (χ0n) is 38.1. The number of hydrogen-bond acceptors (Lipinski definition) is 18. The number of aromatic carboxylic acids is 4. The lowest BCUT2D eigenvalue weighted by Crippen LogP contribution is -2.33. The van der Waals surface area contributed by atoms with Gasteiger partial charge in [-0.05, 0) is 136 Å². The lowest BCUT2D eigenvalue weighted by molar-refractivity contribution is -0.603. The third-order valence-electron chi connectivity index (χ3n) is 9.51. The fourth-order valence-electron chi connectivity index (χ4n) is 5.84. The van der Waals surface area contributed by atoms with Gasteiger partial charge in [0.05, 0.1) is 35.1 Å². The minimum Gasteiger partial charge on any atom is -0.545 e. The Morgan fingerprint density at radius 3 is 1.07 bits per heavy atom. The SMILES string of the molecule is CN(C)c1cc[n+](-c2nc(Nc3ccc(C(=O)[O-])cc3)nc(Nc3ccc(C(=O)O)cc3)n2)cc1.CN(C)c1ccncc1.O=C(O)c1ccc(Nc2nc(Cl)nc(Nc3ccc(C(=O)O)cc3)n2)cc1. The van der Waals surface area contributed by atoms with Crippen molar-refractivity contribution in [2.75, 3.05) is 59.3 Å². The van der Waals surface area contributed by atoms with Crippen LogP contribution in [0.25, 0.3) is 5.95 Å². The van der Waals surface area contributed by atoms with Gasteiger partial charge >= 0.3 is 35.8 Å². The standard InChI is InChI=1S/C24H21N7O4.C17H12ClN5O4.C7H10N2/c1-30(2)19-11-13-31(14-12-19)24-28-22(25-17-7-3-15(4-8-17)20(32)33)27-23(29-24)26-18-9-5-16(6-10-18)21(34)35;18-15-21-16(19-11-5-1-9(2-6-11)13(24)25)23-17(22-15)20-12-7-3-10(4-8-12)14(26)27;1-9(2)7-3-5-8-6-4-7/h3-14H,1-2H3,(H3-,25,26,27,28,29,32,33,34,35);1-8H,(H,24,25)(H,26,27)(H2,19,20,21,22,23);3-6H,1-2H3. The molecule has 0 amide bonds. The van der Waals surface area contributed by atoms with Crippen LogP contribution in [0.4, 0.5) is 57.9 Å². The molecule has 0 saturated heterocycles. The van der Waals surface area contributed by atoms with Gasteiger partial charge in [-0.2, -0.15) is 15.0 Å². The van der Waals surface area contributed by atoms with Gasteiger partial charge in [-0.3, -0.25) is 4.98 Å². The first-order valence-electron chi connectivity index (χ1n) is 20.8. The van der Waals surface area contributed by atoms with Crippen molar-refractivity contribution in [3.05, 3.63) is 174 Å². The maximum absolute atomic E-state index is 11.1. The van der Waals surface area contributed by atoms with E-state index in [2.05, 4.69) is 56.2 Å². The van der Waals surface area contributed by atoms with Crippen molar-refractivity contribution >= 4 is 93.4 Å². The molecule has 0 aliphatic carbocycles. The highest BCUT2D eigenvalue weighted by atomic mass is 35.5. The van der Waals surface area contributed by atoms with Gasteiger partial charge in [0.15, 0.2) is 0 Å². The Hall–Kier alpha value is -9.83. The second-order valence-corrected chi connectivity index (χ2v) is 15.3. The molecule has 22 nitrogen and oxygen atoms in total. The molecular formula is C48H43ClN14O8. The van der Waals surface area contributed by atoms with Gasteiger partial charge in [0, 0.05) is 74.7 Å². The molecule has 4 aromatic heterocycles. The average molecular weight is 979 g/mol. The number of anilines is 10. The van der Waals surface area contributed by atoms with Gasteiger partial charge in [0.1, 0.15) is 0 Å². The van der Waals surface area contributed by atoms with E-state index in [1.54, 1.807) is 65.5 Å². The Balaban J connectivity index is 0.000000202. The normalized spacial score (nSPS) is 10.2. The van der Waals surface area contributed by atoms with Crippen LogP contribution in [0.1, 0.15) is 41.4 Å². The molecule has 0 bridgehead atoms. The predicted molar refractivity (Wildman–Crippen MR) is 263 cm³/mol. The van der Waals surface area contributed by atoms with Gasteiger partial charge in [-0.15, -0.1) is 4.98 Å². The predicted octanol–water partition coefficient (Wildman–Crippen LogP) is 6.32. The summed E-state index contributed by atoms with van der Waals surface area (Å²) >= 11 is 5.92. The highest BCUT2D eigenvalue weighted by Gasteiger charge is 2.19. The summed E-state index contributed by atoms with van der Waals surface area (Å²) in [6, 6.07) is 31.9. The quantitative estimate of drug-likeness (QED) is 0.0553. The van der Waals surface area contributed by atoms with Crippen molar-refractivity contribution in [1.82, 2.24) is 34.9 Å². The minimum absolute atomic E-state index is 0.0515. The van der Waals surface area contributed by atoms with Gasteiger partial charge in [0.2, 0.25) is 17.2 Å². The summed E-state index contributed by atoms with van der Waals surface area (Å²) in [7, 11) is 7.90. The van der Waals surface area contributed by atoms with E-state index in [0.29, 0.717) is 28.7 Å². The highest BCUT2D eigenvalue weighted by molar-refractivity contribution is 6.28. The summed E-state index contributed by atoms with van der Waals surface area (Å²) in [5, 5.41) is 49.8. The molecule has 0 aliphatic rings. The largest absolute Gasteiger partial charge is 0.545 e. The Kier molecular flexibility index (Phi) is 16.9. The van der Waals surface area contributed by atoms with Crippen LogP contribution in [0.15, 0.2) is 146 Å². The van der Waals surface area contributed by atoms with Crippen molar-refractivity contribution < 1.29 is 44.2 Å². The van der Waals surface area contributed by atoms with E-state index in [1.807, 2.05) is 74.6 Å². The maximum Gasteiger partial charge on any atom is 0.444 e. The fraction of sp³-hybridized carbons (Fsp3) is 0.0833. The molecule has 0 unspecified atom stereocenters. The van der Waals surface area contributed by atoms with Crippen LogP contribution < -0.4 is 40.7 Å². The first-order chi connectivity index (χ1) is 34.0. The molecule has 7 N–H and O–H groups in total. The van der Waals surface area contributed by atoms with Gasteiger partial charge in [-0.1, -0.05) is 12.1 Å². The molecule has 0 fully saturated rings. The molecule has 23 heteroatoms. The minimum atomic E-state index is -1.27. The Labute approximate surface area is 410 Å². The number of benzene rings is 4. The van der Waals surface area contributed by atoms with Crippen LogP contribution >= 0.6 is 11.6 Å². The molecular weight excluding hydrogens is 936 g/mol. The number of nitrogens with one attached hydrogen (secondary N) is 4. The molecule has 0 spiro atoms. The van der Waals surface area contributed by atoms with Gasteiger partial charge < -0.3 is 56.3 Å². The number of rotatable bonds is 15. The number of nitrogens with zero attached hydrogens (tertiary/aromatic N) is 10. The van der Waals surface area contributed by atoms with Crippen molar-refractivity contribution in [3.8, 4) is 5.95 Å². The first-order valence-corrected chi connectivity index (χ1v) is 21.2. The second-order valence-electron chi connectivity index (χ2n) is 15.0. The number of carboxylic acids is 4. The Morgan fingerprint density at radius 1 is 0.465 bits per heavy atom. The maximum atomic E-state index is 11.1. The molecule has 4 aromatic carbocycles. The molecule has 4 heterocycles. The first kappa shape index (κ1) is 50.6. The Bertz CT molecular complexity index is 2940. The molecule has 0 atom stereocenters. The number of halogens is 1. The van der Waals surface area contributed by atoms with Crippen molar-refractivity contribution in [3.63, 3.8) is 0 Å². The molecule has 0 radical (unpaired) electrons. The number of carbonyl (C=O) groups excluding carboxylic acids is 1. The topological polar surface area (TPSA) is 301 Å². The summed E-state index contributed by atoms with van der Waals surface area (Å²) in [4.78, 5) is 77.3. The highest BCUT2D eigenvalue weighted by Crippen LogP contribution is 2.22. The van der Waals surface area contributed by atoms with Crippen LogP contribution in [0.3, 0.4) is 0 Å². The zero-order valence-corrected chi connectivity index (χ0v) is 38.8. The third-order valence-corrected chi connectivity index (χ3v) is 9.68. The van der Waals surface area contributed by atoms with E-state index in [-0.39, 0.29) is 51.3 Å². The van der Waals surface area contributed by atoms with Crippen molar-refractivity contribution in [2.24, 2.45) is 0 Å². The lowest BCUT2D eigenvalue weighted by atomic mass is 10.2. The molecule has 360 valence electrons. The van der Waals surface area contributed by atoms with E-state index in [4.69, 9.17) is 26.9 Å². The smallest absolute Gasteiger partial charge is 0.444 e. The van der Waals surface area contributed by atoms with Gasteiger partial charge in [-0.25, -0.2) is 19.0 Å². The van der Waals surface area contributed by atoms with Crippen LogP contribution in [-0.2, 0) is 0 Å². The van der Waals surface area contributed by atoms with E-state index in [1.165, 1.54) is 54.2 Å². The fourth-order valence-corrected chi connectivity index (χ4v) is 6.00. The number of carboxylic acid groups (broad SMARTS) is 4. The second kappa shape index (κ2) is 23.8. The molecule has 8 aromatic rings. The number of hydrogen-bond donors (Lipinski definition) is 7. The lowest BCUT2D eigenvalue weighted by Gasteiger charge is -2.11. The summed E-state index contributed by atoms with van der Waals surface area (Å²) in [5.41, 5.74) is 4.99. The van der Waals surface area contributed by atoms with Gasteiger partial charge in [0.25, 0.3) is 0 Å². The molecule has 0 aliphatic heterocycles. The van der Waals surface area contributed by atoms with Crippen LogP contribution in [0.5, 0.6) is 0 Å². The zero-order chi connectivity index (χ0) is 51.0. The third kappa shape index (κ3) is 15.1. The summed E-state index contributed by atoms with van der Waals surface area (Å²) in [6.45, 7) is 0. The van der Waals surface area contributed by atoms with Crippen LogP contribution in [-0.4, -0.2) is 102 Å². The van der Waals surface area contributed by atoms with Crippen molar-refractivity contribution in [2.45, 2.75) is 0 Å². The summed E-state index contributed by atoms with van der Waals surface area (Å²) < 4.78 is 1.72. The average Bonchev–Trinajstić information content (AvgIpc) is 3.35. The monoisotopic (exact) mass is 978 g/mol. The summed E-state index contributed by atoms with van der Waals surface area (Å²) in [5.74, 6) is -3.27. The Morgan fingerprint density at radius 2 is 0.775 bits per heavy atom. The summed E-state index contributed by atoms with van der Waals surface area (Å²) in [6.07, 6.45) is 7.20. The van der Waals surface area contributed by atoms with E-state index in [0.717, 1.165) is 5.69 Å². The number of aromatic nitrogens is 8. The van der Waals surface area contributed by atoms with Crippen LogP contribution in [0, 0.1) is 0 Å². The van der Waals surface area contributed by atoms with E-state index < -0.39 is 23.9 Å². The van der Waals surface area contributed by atoms with E-state index in [9.17, 15) is 24.3 Å². The number of pyridine rings is 2. The molecule has 71 heavy (non-hydrogen) atoms. The van der Waals surface area contributed by atoms with E-state index >= 15 is 0 Å². The van der Waals surface area contributed by atoms with Crippen LogP contribution in [0.2, 0.25) is 5.28 Å². The number of carbonyl (C=O) groups is 4. The molecule has 0 saturated carbocycles.